The molecule has 0 aliphatic heterocycles. The normalized spacial score (nSPS) is 10.3. The lowest BCUT2D eigenvalue weighted by atomic mass is 10.1. The van der Waals surface area contributed by atoms with Crippen molar-refractivity contribution in [3.05, 3.63) is 72.6 Å². The van der Waals surface area contributed by atoms with Crippen molar-refractivity contribution in [1.82, 2.24) is 14.7 Å². The molecule has 1 aromatic heterocycles. The van der Waals surface area contributed by atoms with Gasteiger partial charge in [-0.3, -0.25) is 4.79 Å². The minimum absolute atomic E-state index is 0.0280. The Morgan fingerprint density at radius 3 is 2.23 bits per heavy atom. The topological polar surface area (TPSA) is 38.1 Å². The molecule has 1 heterocycles. The van der Waals surface area contributed by atoms with Crippen molar-refractivity contribution >= 4 is 5.91 Å². The van der Waals surface area contributed by atoms with Crippen LogP contribution in [0.25, 0.3) is 5.69 Å². The van der Waals surface area contributed by atoms with E-state index in [1.807, 2.05) is 48.9 Å². The number of carbonyl (C=O) groups is 1. The average molecular weight is 295 g/mol. The van der Waals surface area contributed by atoms with Gasteiger partial charge in [-0.25, -0.2) is 4.68 Å². The molecule has 1 aromatic carbocycles. The van der Waals surface area contributed by atoms with Gasteiger partial charge >= 0.3 is 0 Å². The van der Waals surface area contributed by atoms with Crippen molar-refractivity contribution in [3.8, 4) is 5.69 Å². The molecule has 22 heavy (non-hydrogen) atoms. The molecular weight excluding hydrogens is 274 g/mol. The quantitative estimate of drug-likeness (QED) is 0.767. The molecule has 0 spiro atoms. The van der Waals surface area contributed by atoms with Crippen molar-refractivity contribution in [3.63, 3.8) is 0 Å². The Labute approximate surface area is 131 Å². The largest absolute Gasteiger partial charge is 0.331 e. The van der Waals surface area contributed by atoms with Crippen LogP contribution in [0, 0.1) is 13.8 Å². The van der Waals surface area contributed by atoms with Crippen LogP contribution in [0.2, 0.25) is 0 Å². The number of aryl methyl sites for hydroxylation is 2. The van der Waals surface area contributed by atoms with Crippen LogP contribution in [-0.4, -0.2) is 33.7 Å². The Balaban J connectivity index is 2.24. The minimum Gasteiger partial charge on any atom is -0.331 e. The summed E-state index contributed by atoms with van der Waals surface area (Å²) in [6.07, 6.45) is 3.43. The molecule has 2 rings (SSSR count). The van der Waals surface area contributed by atoms with Gasteiger partial charge in [0.05, 0.1) is 11.4 Å². The summed E-state index contributed by atoms with van der Waals surface area (Å²) >= 11 is 0. The Kier molecular flexibility index (Phi) is 4.94. The SMILES string of the molecule is C=CCN(CC=C)C(=O)c1ccc(-n2nc(C)cc2C)cc1. The smallest absolute Gasteiger partial charge is 0.254 e. The second-order valence-corrected chi connectivity index (χ2v) is 5.17. The maximum atomic E-state index is 12.5. The fourth-order valence-electron chi connectivity index (χ4n) is 2.37. The summed E-state index contributed by atoms with van der Waals surface area (Å²) in [7, 11) is 0. The van der Waals surface area contributed by atoms with E-state index in [0.29, 0.717) is 18.7 Å². The van der Waals surface area contributed by atoms with Crippen molar-refractivity contribution in [2.24, 2.45) is 0 Å². The number of amides is 1. The standard InChI is InChI=1S/C18H21N3O/c1-5-11-20(12-6-2)18(22)16-7-9-17(10-8-16)21-15(4)13-14(3)19-21/h5-10,13H,1-2,11-12H2,3-4H3. The van der Waals surface area contributed by atoms with Gasteiger partial charge in [0.25, 0.3) is 5.91 Å². The van der Waals surface area contributed by atoms with Gasteiger partial charge in [0.2, 0.25) is 0 Å². The number of carbonyl (C=O) groups excluding carboxylic acids is 1. The maximum absolute atomic E-state index is 12.5. The lowest BCUT2D eigenvalue weighted by molar-refractivity contribution is 0.0791. The van der Waals surface area contributed by atoms with Crippen LogP contribution in [0.15, 0.2) is 55.6 Å². The Bertz CT molecular complexity index is 673. The van der Waals surface area contributed by atoms with E-state index in [9.17, 15) is 4.79 Å². The molecule has 0 aliphatic carbocycles. The first-order valence-electron chi connectivity index (χ1n) is 7.21. The van der Waals surface area contributed by atoms with Gasteiger partial charge in [-0.15, -0.1) is 13.2 Å². The maximum Gasteiger partial charge on any atom is 0.254 e. The third kappa shape index (κ3) is 3.34. The molecular formula is C18H21N3O. The Morgan fingerprint density at radius 2 is 1.77 bits per heavy atom. The van der Waals surface area contributed by atoms with Crippen molar-refractivity contribution < 1.29 is 4.79 Å². The molecule has 2 aromatic rings. The highest BCUT2D eigenvalue weighted by atomic mass is 16.2. The van der Waals surface area contributed by atoms with Crippen LogP contribution in [0.3, 0.4) is 0 Å². The first kappa shape index (κ1) is 15.8. The summed E-state index contributed by atoms with van der Waals surface area (Å²) in [5.41, 5.74) is 3.63. The zero-order valence-corrected chi connectivity index (χ0v) is 13.1. The van der Waals surface area contributed by atoms with Crippen LogP contribution >= 0.6 is 0 Å². The summed E-state index contributed by atoms with van der Waals surface area (Å²) < 4.78 is 1.87. The first-order chi connectivity index (χ1) is 10.6. The Hall–Kier alpha value is -2.62. The van der Waals surface area contributed by atoms with Crippen molar-refractivity contribution in [2.75, 3.05) is 13.1 Å². The molecule has 0 bridgehead atoms. The van der Waals surface area contributed by atoms with Gasteiger partial charge in [0.1, 0.15) is 0 Å². The third-order valence-corrected chi connectivity index (χ3v) is 3.35. The predicted octanol–water partition coefficient (Wildman–Crippen LogP) is 3.30. The molecule has 1 amide bonds. The molecule has 0 radical (unpaired) electrons. The molecule has 0 fully saturated rings. The van der Waals surface area contributed by atoms with Gasteiger partial charge in [-0.05, 0) is 44.2 Å². The molecule has 0 N–H and O–H groups in total. The van der Waals surface area contributed by atoms with Crippen molar-refractivity contribution in [2.45, 2.75) is 13.8 Å². The van der Waals surface area contributed by atoms with Gasteiger partial charge in [-0.1, -0.05) is 12.2 Å². The number of aromatic nitrogens is 2. The summed E-state index contributed by atoms with van der Waals surface area (Å²) in [4.78, 5) is 14.1. The van der Waals surface area contributed by atoms with E-state index in [4.69, 9.17) is 0 Å². The van der Waals surface area contributed by atoms with Crippen LogP contribution in [0.1, 0.15) is 21.7 Å². The number of benzene rings is 1. The van der Waals surface area contributed by atoms with Crippen LogP contribution < -0.4 is 0 Å². The van der Waals surface area contributed by atoms with E-state index in [-0.39, 0.29) is 5.91 Å². The molecule has 0 saturated heterocycles. The van der Waals surface area contributed by atoms with E-state index < -0.39 is 0 Å². The van der Waals surface area contributed by atoms with E-state index in [2.05, 4.69) is 18.3 Å². The molecule has 0 aliphatic rings. The highest BCUT2D eigenvalue weighted by Gasteiger charge is 2.13. The molecule has 4 heteroatoms. The third-order valence-electron chi connectivity index (χ3n) is 3.35. The predicted molar refractivity (Wildman–Crippen MR) is 89.3 cm³/mol. The number of hydrogen-bond acceptors (Lipinski definition) is 2. The minimum atomic E-state index is -0.0280. The van der Waals surface area contributed by atoms with E-state index in [1.54, 1.807) is 17.1 Å². The summed E-state index contributed by atoms with van der Waals surface area (Å²) in [6, 6.07) is 9.49. The average Bonchev–Trinajstić information content (AvgIpc) is 2.85. The zero-order chi connectivity index (χ0) is 16.1. The molecule has 0 saturated carbocycles. The van der Waals surface area contributed by atoms with Crippen LogP contribution in [0.5, 0.6) is 0 Å². The monoisotopic (exact) mass is 295 g/mol. The van der Waals surface area contributed by atoms with Crippen LogP contribution in [0.4, 0.5) is 0 Å². The van der Waals surface area contributed by atoms with Gasteiger partial charge in [0, 0.05) is 24.3 Å². The van der Waals surface area contributed by atoms with E-state index in [0.717, 1.165) is 17.1 Å². The summed E-state index contributed by atoms with van der Waals surface area (Å²) in [5.74, 6) is -0.0280. The summed E-state index contributed by atoms with van der Waals surface area (Å²) in [5, 5.41) is 4.44. The van der Waals surface area contributed by atoms with Crippen LogP contribution in [-0.2, 0) is 0 Å². The van der Waals surface area contributed by atoms with E-state index in [1.165, 1.54) is 0 Å². The lowest BCUT2D eigenvalue weighted by Crippen LogP contribution is -2.31. The van der Waals surface area contributed by atoms with Gasteiger partial charge < -0.3 is 4.90 Å². The van der Waals surface area contributed by atoms with E-state index >= 15 is 0 Å². The highest BCUT2D eigenvalue weighted by molar-refractivity contribution is 5.94. The molecule has 4 nitrogen and oxygen atoms in total. The van der Waals surface area contributed by atoms with Gasteiger partial charge in [0.15, 0.2) is 0 Å². The fraction of sp³-hybridized carbons (Fsp3) is 0.222. The number of rotatable bonds is 6. The molecule has 114 valence electrons. The fourth-order valence-corrected chi connectivity index (χ4v) is 2.37. The number of nitrogens with zero attached hydrogens (tertiary/aromatic N) is 3. The van der Waals surface area contributed by atoms with Crippen molar-refractivity contribution in [1.29, 1.82) is 0 Å². The highest BCUT2D eigenvalue weighted by Crippen LogP contribution is 2.14. The molecule has 0 atom stereocenters. The lowest BCUT2D eigenvalue weighted by Gasteiger charge is -2.19. The zero-order valence-electron chi connectivity index (χ0n) is 13.1. The first-order valence-corrected chi connectivity index (χ1v) is 7.21. The second kappa shape index (κ2) is 6.89. The summed E-state index contributed by atoms with van der Waals surface area (Å²) in [6.45, 7) is 12.3. The molecule has 0 unspecified atom stereocenters. The second-order valence-electron chi connectivity index (χ2n) is 5.17. The number of hydrogen-bond donors (Lipinski definition) is 0. The van der Waals surface area contributed by atoms with Gasteiger partial charge in [-0.2, -0.15) is 5.10 Å². The Morgan fingerprint density at radius 1 is 1.18 bits per heavy atom.